The first-order chi connectivity index (χ1) is 13.0. The van der Waals surface area contributed by atoms with E-state index < -0.39 is 0 Å². The minimum atomic E-state index is -0.359. The zero-order valence-corrected chi connectivity index (χ0v) is 17.3. The number of amides is 1. The van der Waals surface area contributed by atoms with E-state index in [0.29, 0.717) is 15.4 Å². The lowest BCUT2D eigenvalue weighted by Gasteiger charge is -2.21. The highest BCUT2D eigenvalue weighted by Gasteiger charge is 2.21. The molecular weight excluding hydrogens is 378 g/mol. The van der Waals surface area contributed by atoms with Crippen LogP contribution in [0.25, 0.3) is 10.2 Å². The van der Waals surface area contributed by atoms with Crippen molar-refractivity contribution < 1.29 is 4.79 Å². The molecule has 27 heavy (non-hydrogen) atoms. The van der Waals surface area contributed by atoms with Gasteiger partial charge in [0, 0.05) is 7.05 Å². The van der Waals surface area contributed by atoms with Crippen LogP contribution in [-0.2, 0) is 11.8 Å². The zero-order chi connectivity index (χ0) is 19.4. The lowest BCUT2D eigenvalue weighted by Crippen LogP contribution is -2.34. The first-order valence-corrected chi connectivity index (χ1v) is 10.7. The fraction of sp³-hybridized carbons (Fsp3) is 0.350. The summed E-state index contributed by atoms with van der Waals surface area (Å²) in [6.45, 7) is 3.95. The summed E-state index contributed by atoms with van der Waals surface area (Å²) in [6.07, 6.45) is 1.86. The minimum absolute atomic E-state index is 0.0112. The zero-order valence-electron chi connectivity index (χ0n) is 15.6. The van der Waals surface area contributed by atoms with Gasteiger partial charge in [-0.05, 0) is 30.4 Å². The Morgan fingerprint density at radius 3 is 2.74 bits per heavy atom. The van der Waals surface area contributed by atoms with Gasteiger partial charge < -0.3 is 5.32 Å². The van der Waals surface area contributed by atoms with Crippen molar-refractivity contribution in [3.8, 4) is 0 Å². The van der Waals surface area contributed by atoms with Gasteiger partial charge in [-0.15, -0.1) is 11.3 Å². The monoisotopic (exact) mass is 401 g/mol. The molecule has 0 fully saturated rings. The van der Waals surface area contributed by atoms with Crippen molar-refractivity contribution in [2.75, 3.05) is 0 Å². The number of nitrogens with one attached hydrogen (secondary N) is 1. The van der Waals surface area contributed by atoms with E-state index in [1.54, 1.807) is 7.05 Å². The average Bonchev–Trinajstić information content (AvgIpc) is 3.14. The maximum atomic E-state index is 12.8. The van der Waals surface area contributed by atoms with E-state index in [1.165, 1.54) is 27.7 Å². The number of thiophene rings is 1. The van der Waals surface area contributed by atoms with Crippen LogP contribution in [0.3, 0.4) is 0 Å². The molecule has 0 aliphatic heterocycles. The summed E-state index contributed by atoms with van der Waals surface area (Å²) in [4.78, 5) is 29.7. The minimum Gasteiger partial charge on any atom is -0.348 e. The van der Waals surface area contributed by atoms with Gasteiger partial charge in [0.25, 0.3) is 5.56 Å². The molecule has 0 saturated heterocycles. The average molecular weight is 402 g/mol. The third kappa shape index (κ3) is 4.42. The van der Waals surface area contributed by atoms with Gasteiger partial charge in [0.05, 0.1) is 16.8 Å². The molecule has 2 aromatic heterocycles. The maximum absolute atomic E-state index is 12.8. The second-order valence-electron chi connectivity index (χ2n) is 6.41. The number of benzene rings is 1. The quantitative estimate of drug-likeness (QED) is 0.477. The molecule has 7 heteroatoms. The van der Waals surface area contributed by atoms with Gasteiger partial charge in [0.1, 0.15) is 4.70 Å². The summed E-state index contributed by atoms with van der Waals surface area (Å²) in [7, 11) is 1.70. The summed E-state index contributed by atoms with van der Waals surface area (Å²) in [5, 5.41) is 5.20. The Labute approximate surface area is 166 Å². The van der Waals surface area contributed by atoms with Crippen LogP contribution in [0.5, 0.6) is 0 Å². The Bertz CT molecular complexity index is 982. The standard InChI is InChI=1S/C20H23N3O2S2/c1-4-8-15(14-9-6-5-7-10-14)21-18(24)13(2)27-20-22-16-11-12-26-17(16)19(25)23(20)3/h5-7,9-13,15H,4,8H2,1-3H3,(H,21,24). The second kappa shape index (κ2) is 8.71. The Morgan fingerprint density at radius 2 is 2.04 bits per heavy atom. The molecule has 1 amide bonds. The Morgan fingerprint density at radius 1 is 1.30 bits per heavy atom. The molecule has 0 bridgehead atoms. The van der Waals surface area contributed by atoms with Crippen LogP contribution < -0.4 is 10.9 Å². The molecule has 142 valence electrons. The molecule has 1 aromatic carbocycles. The van der Waals surface area contributed by atoms with Crippen molar-refractivity contribution >= 4 is 39.2 Å². The van der Waals surface area contributed by atoms with Crippen LogP contribution >= 0.6 is 23.1 Å². The van der Waals surface area contributed by atoms with Gasteiger partial charge in [-0.1, -0.05) is 55.4 Å². The van der Waals surface area contributed by atoms with Gasteiger partial charge in [0.2, 0.25) is 5.91 Å². The van der Waals surface area contributed by atoms with E-state index in [0.717, 1.165) is 18.4 Å². The number of hydrogen-bond donors (Lipinski definition) is 1. The number of hydrogen-bond acceptors (Lipinski definition) is 5. The van der Waals surface area contributed by atoms with Crippen LogP contribution in [0.15, 0.2) is 51.7 Å². The van der Waals surface area contributed by atoms with Gasteiger partial charge in [-0.3, -0.25) is 14.2 Å². The first-order valence-electron chi connectivity index (χ1n) is 8.97. The molecular formula is C20H23N3O2S2. The molecule has 2 unspecified atom stereocenters. The van der Waals surface area contributed by atoms with Gasteiger partial charge in [0.15, 0.2) is 5.16 Å². The lowest BCUT2D eigenvalue weighted by atomic mass is 10.0. The van der Waals surface area contributed by atoms with Crippen LogP contribution in [0, 0.1) is 0 Å². The van der Waals surface area contributed by atoms with Gasteiger partial charge in [-0.2, -0.15) is 0 Å². The molecule has 2 heterocycles. The second-order valence-corrected chi connectivity index (χ2v) is 8.64. The molecule has 0 radical (unpaired) electrons. The van der Waals surface area contributed by atoms with Gasteiger partial charge >= 0.3 is 0 Å². The fourth-order valence-corrected chi connectivity index (χ4v) is 4.56. The maximum Gasteiger partial charge on any atom is 0.271 e. The summed E-state index contributed by atoms with van der Waals surface area (Å²) in [5.41, 5.74) is 1.72. The largest absolute Gasteiger partial charge is 0.348 e. The van der Waals surface area contributed by atoms with Gasteiger partial charge in [-0.25, -0.2) is 4.98 Å². The van der Waals surface area contributed by atoms with Crippen LogP contribution in [0.4, 0.5) is 0 Å². The number of carbonyl (C=O) groups excluding carboxylic acids is 1. The predicted molar refractivity (Wildman–Crippen MR) is 112 cm³/mol. The molecule has 0 aliphatic rings. The van der Waals surface area contributed by atoms with E-state index >= 15 is 0 Å². The molecule has 0 spiro atoms. The van der Waals surface area contributed by atoms with Crippen LogP contribution in [0.1, 0.15) is 38.3 Å². The van der Waals surface area contributed by atoms with Crippen molar-refractivity contribution in [1.82, 2.24) is 14.9 Å². The molecule has 5 nitrogen and oxygen atoms in total. The fourth-order valence-electron chi connectivity index (χ4n) is 2.87. The number of rotatable bonds is 7. The SMILES string of the molecule is CCCC(NC(=O)C(C)Sc1nc2ccsc2c(=O)n1C)c1ccccc1. The van der Waals surface area contributed by atoms with E-state index in [4.69, 9.17) is 0 Å². The third-order valence-corrected chi connectivity index (χ3v) is 6.43. The number of thioether (sulfide) groups is 1. The summed E-state index contributed by atoms with van der Waals surface area (Å²) in [6, 6.07) is 11.8. The van der Waals surface area contributed by atoms with Crippen molar-refractivity contribution in [2.45, 2.75) is 43.1 Å². The predicted octanol–water partition coefficient (Wildman–Crippen LogP) is 4.13. The normalized spacial score (nSPS) is 13.4. The highest BCUT2D eigenvalue weighted by atomic mass is 32.2. The Hall–Kier alpha value is -2.12. The summed E-state index contributed by atoms with van der Waals surface area (Å²) < 4.78 is 2.17. The third-order valence-electron chi connectivity index (χ3n) is 4.39. The highest BCUT2D eigenvalue weighted by Crippen LogP contribution is 2.25. The number of aromatic nitrogens is 2. The van der Waals surface area contributed by atoms with E-state index in [1.807, 2.05) is 48.7 Å². The molecule has 2 atom stereocenters. The van der Waals surface area contributed by atoms with E-state index in [-0.39, 0.29) is 22.8 Å². The number of fused-ring (bicyclic) bond motifs is 1. The van der Waals surface area contributed by atoms with Crippen molar-refractivity contribution in [3.05, 3.63) is 57.7 Å². The van der Waals surface area contributed by atoms with Crippen molar-refractivity contribution in [3.63, 3.8) is 0 Å². The summed E-state index contributed by atoms with van der Waals surface area (Å²) in [5.74, 6) is -0.0537. The van der Waals surface area contributed by atoms with Crippen molar-refractivity contribution in [2.24, 2.45) is 7.05 Å². The Kier molecular flexibility index (Phi) is 6.34. The number of carbonyl (C=O) groups is 1. The molecule has 0 aliphatic carbocycles. The Balaban J connectivity index is 1.75. The summed E-state index contributed by atoms with van der Waals surface area (Å²) >= 11 is 2.70. The van der Waals surface area contributed by atoms with E-state index in [9.17, 15) is 9.59 Å². The van der Waals surface area contributed by atoms with E-state index in [2.05, 4.69) is 17.2 Å². The lowest BCUT2D eigenvalue weighted by molar-refractivity contribution is -0.121. The molecule has 0 saturated carbocycles. The van der Waals surface area contributed by atoms with Crippen molar-refractivity contribution in [1.29, 1.82) is 0 Å². The molecule has 3 rings (SSSR count). The first kappa shape index (κ1) is 19.6. The van der Waals surface area contributed by atoms with Crippen LogP contribution in [-0.4, -0.2) is 20.7 Å². The topological polar surface area (TPSA) is 64.0 Å². The molecule has 1 N–H and O–H groups in total. The highest BCUT2D eigenvalue weighted by molar-refractivity contribution is 8.00. The molecule has 3 aromatic rings. The van der Waals surface area contributed by atoms with Crippen LogP contribution in [0.2, 0.25) is 0 Å². The smallest absolute Gasteiger partial charge is 0.271 e. The number of nitrogens with zero attached hydrogens (tertiary/aromatic N) is 2.